The van der Waals surface area contributed by atoms with Crippen molar-refractivity contribution in [3.63, 3.8) is 0 Å². The first-order valence-corrected chi connectivity index (χ1v) is 9.94. The topological polar surface area (TPSA) is 57.7 Å². The van der Waals surface area contributed by atoms with Crippen LogP contribution in [0.2, 0.25) is 0 Å². The highest BCUT2D eigenvalue weighted by Crippen LogP contribution is 2.44. The zero-order valence-electron chi connectivity index (χ0n) is 15.1. The van der Waals surface area contributed by atoms with Gasteiger partial charge in [0.1, 0.15) is 0 Å². The minimum Gasteiger partial charge on any atom is -0.314 e. The van der Waals surface area contributed by atoms with E-state index in [1.807, 2.05) is 20.8 Å². The van der Waals surface area contributed by atoms with Crippen LogP contribution in [0.15, 0.2) is 17.0 Å². The maximum atomic E-state index is 13.1. The Morgan fingerprint density at radius 3 is 2.54 bits per heavy atom. The molecule has 132 valence electrons. The summed E-state index contributed by atoms with van der Waals surface area (Å²) in [5.41, 5.74) is 1.78. The largest absolute Gasteiger partial charge is 0.314 e. The van der Waals surface area contributed by atoms with Gasteiger partial charge in [-0.3, -0.25) is 4.79 Å². The molecule has 1 aromatic carbocycles. The number of carbonyl (C=O) groups excluding carboxylic acids is 1. The number of likely N-dealkylation sites (N-methyl/N-ethyl adjacent to an activating group) is 1. The minimum atomic E-state index is -3.52. The summed E-state index contributed by atoms with van der Waals surface area (Å²) in [5.74, 6) is 0.384. The molecule has 3 rings (SSSR count). The lowest BCUT2D eigenvalue weighted by atomic mass is 9.85. The second kappa shape index (κ2) is 5.56. The molecule has 0 radical (unpaired) electrons. The Morgan fingerprint density at radius 1 is 1.25 bits per heavy atom. The molecule has 2 aliphatic heterocycles. The number of piperidine rings is 1. The van der Waals surface area contributed by atoms with Crippen LogP contribution in [0.4, 0.5) is 5.69 Å². The van der Waals surface area contributed by atoms with Gasteiger partial charge in [0.05, 0.1) is 16.0 Å². The molecule has 2 aliphatic rings. The lowest BCUT2D eigenvalue weighted by Crippen LogP contribution is -2.39. The number of anilines is 1. The van der Waals surface area contributed by atoms with E-state index >= 15 is 0 Å². The first-order chi connectivity index (χ1) is 11.1. The van der Waals surface area contributed by atoms with E-state index in [0.717, 1.165) is 29.7 Å². The average Bonchev–Trinajstić information content (AvgIpc) is 2.68. The fraction of sp³-hybridized carbons (Fsp3) is 0.611. The summed E-state index contributed by atoms with van der Waals surface area (Å²) >= 11 is 0. The van der Waals surface area contributed by atoms with Gasteiger partial charge in [-0.2, -0.15) is 4.31 Å². The zero-order valence-corrected chi connectivity index (χ0v) is 15.9. The van der Waals surface area contributed by atoms with Crippen molar-refractivity contribution in [2.75, 3.05) is 25.0 Å². The number of aryl methyl sites for hydroxylation is 1. The summed E-state index contributed by atoms with van der Waals surface area (Å²) in [6.07, 6.45) is 1.97. The van der Waals surface area contributed by atoms with Crippen LogP contribution in [0.1, 0.15) is 44.7 Å². The van der Waals surface area contributed by atoms with Crippen molar-refractivity contribution in [1.29, 1.82) is 0 Å². The molecule has 0 aliphatic carbocycles. The van der Waals surface area contributed by atoms with Crippen LogP contribution in [0.25, 0.3) is 0 Å². The van der Waals surface area contributed by atoms with Gasteiger partial charge in [-0.15, -0.1) is 0 Å². The molecular formula is C18H26N2O3S. The summed E-state index contributed by atoms with van der Waals surface area (Å²) in [6, 6.07) is 3.41. The molecule has 1 fully saturated rings. The Bertz CT molecular complexity index is 799. The lowest BCUT2D eigenvalue weighted by molar-refractivity contribution is -0.121. The number of hydrogen-bond donors (Lipinski definition) is 0. The third kappa shape index (κ3) is 2.47. The van der Waals surface area contributed by atoms with Crippen molar-refractivity contribution in [2.24, 2.45) is 5.92 Å². The molecule has 1 aromatic rings. The molecule has 1 atom stereocenters. The quantitative estimate of drug-likeness (QED) is 0.824. The standard InChI is InChI=1S/C18H26N2O3S/c1-12-7-6-8-20(11-12)24(22,23)14-9-13(2)16-15(10-14)18(3,4)17(21)19(16)5/h9-10,12H,6-8,11H2,1-5H3/t12-/m0/s1. The van der Waals surface area contributed by atoms with Crippen molar-refractivity contribution in [3.8, 4) is 0 Å². The highest BCUT2D eigenvalue weighted by molar-refractivity contribution is 7.89. The molecule has 0 unspecified atom stereocenters. The van der Waals surface area contributed by atoms with Crippen LogP contribution in [0.3, 0.4) is 0 Å². The molecule has 0 aromatic heterocycles. The summed E-state index contributed by atoms with van der Waals surface area (Å²) in [5, 5.41) is 0. The Hall–Kier alpha value is -1.40. The monoisotopic (exact) mass is 350 g/mol. The predicted molar refractivity (Wildman–Crippen MR) is 94.8 cm³/mol. The Kier molecular flexibility index (Phi) is 4.04. The van der Waals surface area contributed by atoms with Crippen molar-refractivity contribution >= 4 is 21.6 Å². The minimum absolute atomic E-state index is 0.00161. The smallest absolute Gasteiger partial charge is 0.243 e. The fourth-order valence-corrected chi connectivity index (χ4v) is 5.68. The van der Waals surface area contributed by atoms with E-state index in [4.69, 9.17) is 0 Å². The van der Waals surface area contributed by atoms with Crippen LogP contribution >= 0.6 is 0 Å². The van der Waals surface area contributed by atoms with Crippen LogP contribution in [-0.4, -0.2) is 38.8 Å². The summed E-state index contributed by atoms with van der Waals surface area (Å²) < 4.78 is 27.8. The van der Waals surface area contributed by atoms with Crippen molar-refractivity contribution < 1.29 is 13.2 Å². The lowest BCUT2D eigenvalue weighted by Gasteiger charge is -2.30. The van der Waals surface area contributed by atoms with Crippen molar-refractivity contribution in [2.45, 2.75) is 50.8 Å². The number of benzene rings is 1. The van der Waals surface area contributed by atoms with Gasteiger partial charge in [0, 0.05) is 20.1 Å². The van der Waals surface area contributed by atoms with Gasteiger partial charge in [0.25, 0.3) is 0 Å². The molecule has 0 bridgehead atoms. The Balaban J connectivity index is 2.10. The molecule has 5 nitrogen and oxygen atoms in total. The normalized spacial score (nSPS) is 24.3. The second-order valence-corrected chi connectivity index (χ2v) is 9.67. The molecule has 2 heterocycles. The Labute approximate surface area is 144 Å². The van der Waals surface area contributed by atoms with E-state index in [1.54, 1.807) is 28.4 Å². The molecular weight excluding hydrogens is 324 g/mol. The van der Waals surface area contributed by atoms with Crippen LogP contribution in [0, 0.1) is 12.8 Å². The maximum absolute atomic E-state index is 13.1. The van der Waals surface area contributed by atoms with Crippen LogP contribution in [0.5, 0.6) is 0 Å². The van der Waals surface area contributed by atoms with Crippen molar-refractivity contribution in [1.82, 2.24) is 4.31 Å². The van der Waals surface area contributed by atoms with Crippen molar-refractivity contribution in [3.05, 3.63) is 23.3 Å². The number of rotatable bonds is 2. The Morgan fingerprint density at radius 2 is 1.92 bits per heavy atom. The number of fused-ring (bicyclic) bond motifs is 1. The highest BCUT2D eigenvalue weighted by Gasteiger charge is 2.44. The third-order valence-corrected chi connectivity index (χ3v) is 7.22. The highest BCUT2D eigenvalue weighted by atomic mass is 32.2. The predicted octanol–water partition coefficient (Wildman–Crippen LogP) is 2.67. The first-order valence-electron chi connectivity index (χ1n) is 8.50. The molecule has 1 saturated heterocycles. The number of amides is 1. The van der Waals surface area contributed by atoms with Gasteiger partial charge in [0.15, 0.2) is 0 Å². The third-order valence-electron chi connectivity index (χ3n) is 5.38. The molecule has 6 heteroatoms. The van der Waals surface area contributed by atoms with Gasteiger partial charge in [-0.1, -0.05) is 6.92 Å². The van der Waals surface area contributed by atoms with Gasteiger partial charge in [-0.25, -0.2) is 8.42 Å². The SMILES string of the molecule is Cc1cc(S(=O)(=O)N2CCC[C@H](C)C2)cc2c1N(C)C(=O)C2(C)C. The molecule has 0 spiro atoms. The van der Waals surface area contributed by atoms with E-state index in [9.17, 15) is 13.2 Å². The zero-order chi connectivity index (χ0) is 17.9. The fourth-order valence-electron chi connectivity index (χ4n) is 3.97. The molecule has 0 N–H and O–H groups in total. The average molecular weight is 350 g/mol. The van der Waals surface area contributed by atoms with E-state index in [-0.39, 0.29) is 5.91 Å². The van der Waals surface area contributed by atoms with Gasteiger partial charge < -0.3 is 4.90 Å². The number of carbonyl (C=O) groups is 1. The van der Waals surface area contributed by atoms with E-state index in [1.165, 1.54) is 0 Å². The second-order valence-electron chi connectivity index (χ2n) is 7.74. The van der Waals surface area contributed by atoms with E-state index in [0.29, 0.717) is 23.9 Å². The van der Waals surface area contributed by atoms with Gasteiger partial charge >= 0.3 is 0 Å². The summed E-state index contributed by atoms with van der Waals surface area (Å²) in [7, 11) is -1.77. The summed E-state index contributed by atoms with van der Waals surface area (Å²) in [4.78, 5) is 14.5. The molecule has 1 amide bonds. The molecule has 24 heavy (non-hydrogen) atoms. The number of hydrogen-bond acceptors (Lipinski definition) is 3. The van der Waals surface area contributed by atoms with Gasteiger partial charge in [0.2, 0.25) is 15.9 Å². The number of sulfonamides is 1. The first kappa shape index (κ1) is 17.4. The number of nitrogens with zero attached hydrogens (tertiary/aromatic N) is 2. The van der Waals surface area contributed by atoms with Crippen LogP contribution < -0.4 is 4.90 Å². The summed E-state index contributed by atoms with van der Waals surface area (Å²) in [6.45, 7) is 8.83. The van der Waals surface area contributed by atoms with E-state index in [2.05, 4.69) is 6.92 Å². The van der Waals surface area contributed by atoms with Gasteiger partial charge in [-0.05, 0) is 62.8 Å². The van der Waals surface area contributed by atoms with Crippen LogP contribution in [-0.2, 0) is 20.2 Å². The maximum Gasteiger partial charge on any atom is 0.243 e. The molecule has 0 saturated carbocycles. The van der Waals surface area contributed by atoms with E-state index < -0.39 is 15.4 Å².